The van der Waals surface area contributed by atoms with E-state index in [-0.39, 0.29) is 6.10 Å². The van der Waals surface area contributed by atoms with Gasteiger partial charge in [0.15, 0.2) is 0 Å². The molecule has 2 aliphatic heterocycles. The molecule has 0 aromatic heterocycles. The van der Waals surface area contributed by atoms with Gasteiger partial charge in [-0.3, -0.25) is 4.90 Å². The lowest BCUT2D eigenvalue weighted by atomic mass is 9.94. The Hall–Kier alpha value is -0.120. The summed E-state index contributed by atoms with van der Waals surface area (Å²) in [6.07, 6.45) is 8.98. The summed E-state index contributed by atoms with van der Waals surface area (Å²) in [7, 11) is 0. The zero-order valence-corrected chi connectivity index (χ0v) is 11.6. The van der Waals surface area contributed by atoms with Crippen LogP contribution in [-0.4, -0.2) is 59.8 Å². The van der Waals surface area contributed by atoms with Crippen molar-refractivity contribution in [1.82, 2.24) is 9.80 Å². The Kier molecular flexibility index (Phi) is 4.22. The van der Waals surface area contributed by atoms with Crippen LogP contribution < -0.4 is 0 Å². The highest BCUT2D eigenvalue weighted by molar-refractivity contribution is 4.91. The Morgan fingerprint density at radius 3 is 2.39 bits per heavy atom. The third kappa shape index (κ3) is 2.73. The minimum atomic E-state index is -0.0117. The maximum Gasteiger partial charge on any atom is 0.0583 e. The van der Waals surface area contributed by atoms with Gasteiger partial charge >= 0.3 is 0 Å². The fourth-order valence-electron chi connectivity index (χ4n) is 4.31. The second-order valence-electron chi connectivity index (χ2n) is 6.46. The first-order valence-electron chi connectivity index (χ1n) is 7.99. The monoisotopic (exact) mass is 252 g/mol. The van der Waals surface area contributed by atoms with E-state index in [2.05, 4.69) is 9.80 Å². The fourth-order valence-corrected chi connectivity index (χ4v) is 4.31. The van der Waals surface area contributed by atoms with Gasteiger partial charge in [0.1, 0.15) is 0 Å². The Morgan fingerprint density at radius 1 is 0.833 bits per heavy atom. The van der Waals surface area contributed by atoms with Gasteiger partial charge in [-0.2, -0.15) is 0 Å². The van der Waals surface area contributed by atoms with Crippen LogP contribution >= 0.6 is 0 Å². The third-order valence-electron chi connectivity index (χ3n) is 5.34. The second kappa shape index (κ2) is 5.89. The van der Waals surface area contributed by atoms with Gasteiger partial charge in [0, 0.05) is 25.0 Å². The summed E-state index contributed by atoms with van der Waals surface area (Å²) in [5, 5.41) is 10.1. The molecule has 3 atom stereocenters. The molecule has 0 radical (unpaired) electrons. The zero-order chi connectivity index (χ0) is 12.4. The Labute approximate surface area is 111 Å². The smallest absolute Gasteiger partial charge is 0.0583 e. The summed E-state index contributed by atoms with van der Waals surface area (Å²) in [5.41, 5.74) is 0. The lowest BCUT2D eigenvalue weighted by Crippen LogP contribution is -2.42. The molecule has 3 nitrogen and oxygen atoms in total. The van der Waals surface area contributed by atoms with E-state index in [0.717, 1.165) is 6.42 Å². The number of aliphatic hydroxyl groups is 1. The number of nitrogens with zero attached hydrogens (tertiary/aromatic N) is 2. The van der Waals surface area contributed by atoms with Crippen molar-refractivity contribution in [1.29, 1.82) is 0 Å². The van der Waals surface area contributed by atoms with Crippen molar-refractivity contribution in [3.8, 4) is 0 Å². The molecule has 3 heteroatoms. The van der Waals surface area contributed by atoms with Gasteiger partial charge in [0.25, 0.3) is 0 Å². The van der Waals surface area contributed by atoms with Gasteiger partial charge < -0.3 is 10.0 Å². The average Bonchev–Trinajstić information content (AvgIpc) is 3.06. The van der Waals surface area contributed by atoms with Crippen molar-refractivity contribution in [2.45, 2.75) is 57.1 Å². The highest BCUT2D eigenvalue weighted by Crippen LogP contribution is 2.35. The number of hydrogen-bond acceptors (Lipinski definition) is 3. The molecule has 2 saturated heterocycles. The van der Waals surface area contributed by atoms with E-state index in [1.165, 1.54) is 71.2 Å². The van der Waals surface area contributed by atoms with Gasteiger partial charge in [-0.05, 0) is 58.2 Å². The van der Waals surface area contributed by atoms with Crippen molar-refractivity contribution in [2.75, 3.05) is 32.7 Å². The Morgan fingerprint density at radius 2 is 1.67 bits per heavy atom. The predicted molar refractivity (Wildman–Crippen MR) is 73.6 cm³/mol. The van der Waals surface area contributed by atoms with Crippen LogP contribution in [-0.2, 0) is 0 Å². The first-order valence-corrected chi connectivity index (χ1v) is 7.99. The molecular weight excluding hydrogens is 224 g/mol. The molecule has 18 heavy (non-hydrogen) atoms. The fraction of sp³-hybridized carbons (Fsp3) is 1.00. The maximum atomic E-state index is 10.1. The third-order valence-corrected chi connectivity index (χ3v) is 5.34. The van der Waals surface area contributed by atoms with Crippen LogP contribution in [0.25, 0.3) is 0 Å². The van der Waals surface area contributed by atoms with E-state index in [0.29, 0.717) is 12.0 Å². The molecule has 0 spiro atoms. The normalized spacial score (nSPS) is 38.8. The van der Waals surface area contributed by atoms with Crippen molar-refractivity contribution in [3.05, 3.63) is 0 Å². The van der Waals surface area contributed by atoms with Gasteiger partial charge in [-0.1, -0.05) is 6.42 Å². The van der Waals surface area contributed by atoms with Crippen LogP contribution in [0.5, 0.6) is 0 Å². The summed E-state index contributed by atoms with van der Waals surface area (Å²) in [6, 6.07) is 0.685. The van der Waals surface area contributed by atoms with Crippen molar-refractivity contribution < 1.29 is 5.11 Å². The summed E-state index contributed by atoms with van der Waals surface area (Å²) in [6.45, 7) is 6.37. The van der Waals surface area contributed by atoms with Gasteiger partial charge in [0.2, 0.25) is 0 Å². The summed E-state index contributed by atoms with van der Waals surface area (Å²) < 4.78 is 0. The van der Waals surface area contributed by atoms with Crippen LogP contribution in [0.2, 0.25) is 0 Å². The minimum Gasteiger partial charge on any atom is -0.393 e. The Balaban J connectivity index is 1.50. The predicted octanol–water partition coefficient (Wildman–Crippen LogP) is 1.71. The molecule has 3 fully saturated rings. The Bertz CT molecular complexity index is 265. The van der Waals surface area contributed by atoms with Crippen molar-refractivity contribution in [2.24, 2.45) is 5.92 Å². The van der Waals surface area contributed by atoms with E-state index < -0.39 is 0 Å². The van der Waals surface area contributed by atoms with Gasteiger partial charge in [-0.15, -0.1) is 0 Å². The van der Waals surface area contributed by atoms with E-state index in [9.17, 15) is 5.11 Å². The van der Waals surface area contributed by atoms with Crippen LogP contribution in [0.15, 0.2) is 0 Å². The van der Waals surface area contributed by atoms with E-state index in [1.54, 1.807) is 0 Å². The van der Waals surface area contributed by atoms with Crippen LogP contribution in [0.4, 0.5) is 0 Å². The topological polar surface area (TPSA) is 26.7 Å². The lowest BCUT2D eigenvalue weighted by molar-refractivity contribution is 0.0712. The molecule has 0 aromatic carbocycles. The highest BCUT2D eigenvalue weighted by Gasteiger charge is 2.37. The average molecular weight is 252 g/mol. The molecule has 1 saturated carbocycles. The maximum absolute atomic E-state index is 10.1. The molecule has 1 aliphatic carbocycles. The molecule has 3 rings (SSSR count). The zero-order valence-electron chi connectivity index (χ0n) is 11.6. The molecule has 3 unspecified atom stereocenters. The van der Waals surface area contributed by atoms with Gasteiger partial charge in [-0.25, -0.2) is 0 Å². The van der Waals surface area contributed by atoms with Crippen LogP contribution in [0, 0.1) is 5.92 Å². The molecule has 0 aromatic rings. The van der Waals surface area contributed by atoms with Crippen LogP contribution in [0.3, 0.4) is 0 Å². The minimum absolute atomic E-state index is 0.0117. The largest absolute Gasteiger partial charge is 0.393 e. The number of aliphatic hydroxyl groups excluding tert-OH is 1. The quantitative estimate of drug-likeness (QED) is 0.825. The number of hydrogen-bond donors (Lipinski definition) is 1. The second-order valence-corrected chi connectivity index (χ2v) is 6.46. The molecule has 1 N–H and O–H groups in total. The summed E-state index contributed by atoms with van der Waals surface area (Å²) in [5.74, 6) is 0.575. The SMILES string of the molecule is OC1CCCC1C1CCCN1CCN1CCCC1. The molecule has 0 bridgehead atoms. The van der Waals surface area contributed by atoms with Crippen molar-refractivity contribution in [3.63, 3.8) is 0 Å². The van der Waals surface area contributed by atoms with Gasteiger partial charge in [0.05, 0.1) is 6.10 Å². The van der Waals surface area contributed by atoms with Crippen LogP contribution in [0.1, 0.15) is 44.9 Å². The molecule has 3 aliphatic rings. The van der Waals surface area contributed by atoms with E-state index in [4.69, 9.17) is 0 Å². The number of rotatable bonds is 4. The molecule has 0 amide bonds. The first-order chi connectivity index (χ1) is 8.84. The lowest BCUT2D eigenvalue weighted by Gasteiger charge is -2.32. The first kappa shape index (κ1) is 12.9. The molecular formula is C15H28N2O. The summed E-state index contributed by atoms with van der Waals surface area (Å²) >= 11 is 0. The van der Waals surface area contributed by atoms with E-state index >= 15 is 0 Å². The highest BCUT2D eigenvalue weighted by atomic mass is 16.3. The summed E-state index contributed by atoms with van der Waals surface area (Å²) in [4.78, 5) is 5.29. The molecule has 2 heterocycles. The molecule has 104 valence electrons. The standard InChI is InChI=1S/C15H28N2O/c18-15-7-3-5-13(15)14-6-4-10-17(14)12-11-16-8-1-2-9-16/h13-15,18H,1-12H2. The number of likely N-dealkylation sites (tertiary alicyclic amines) is 2. The van der Waals surface area contributed by atoms with Crippen molar-refractivity contribution >= 4 is 0 Å². The van der Waals surface area contributed by atoms with E-state index in [1.807, 2.05) is 0 Å².